The lowest BCUT2D eigenvalue weighted by Crippen LogP contribution is -2.01. The van der Waals surface area contributed by atoms with Gasteiger partial charge in [-0.05, 0) is 43.2 Å². The summed E-state index contributed by atoms with van der Waals surface area (Å²) in [6.45, 7) is 4.54. The van der Waals surface area contributed by atoms with Gasteiger partial charge in [-0.3, -0.25) is 0 Å². The van der Waals surface area contributed by atoms with E-state index in [4.69, 9.17) is 10.5 Å². The Morgan fingerprint density at radius 3 is 2.61 bits per heavy atom. The fourth-order valence-electron chi connectivity index (χ4n) is 1.77. The van der Waals surface area contributed by atoms with Crippen molar-refractivity contribution in [3.8, 4) is 11.5 Å². The van der Waals surface area contributed by atoms with Crippen LogP contribution in [0.4, 0.5) is 0 Å². The lowest BCUT2D eigenvalue weighted by atomic mass is 10.1. The van der Waals surface area contributed by atoms with Gasteiger partial charge in [-0.2, -0.15) is 0 Å². The Morgan fingerprint density at radius 1 is 1.11 bits per heavy atom. The molecule has 2 aromatic rings. The van der Waals surface area contributed by atoms with Gasteiger partial charge in [0.15, 0.2) is 0 Å². The van der Waals surface area contributed by atoms with E-state index in [0.29, 0.717) is 6.54 Å². The highest BCUT2D eigenvalue weighted by molar-refractivity contribution is 9.10. The molecule has 0 unspecified atom stereocenters. The summed E-state index contributed by atoms with van der Waals surface area (Å²) >= 11 is 3.49. The van der Waals surface area contributed by atoms with Crippen LogP contribution in [-0.4, -0.2) is 0 Å². The molecule has 2 aromatic carbocycles. The Kier molecular flexibility index (Phi) is 4.04. The summed E-state index contributed by atoms with van der Waals surface area (Å²) < 4.78 is 6.96. The molecule has 18 heavy (non-hydrogen) atoms. The lowest BCUT2D eigenvalue weighted by Gasteiger charge is -2.13. The normalized spacial score (nSPS) is 10.4. The average Bonchev–Trinajstić information content (AvgIpc) is 2.34. The SMILES string of the molecule is Cc1ccc(C)c(Oc2cccc(Br)c2CN)c1. The van der Waals surface area contributed by atoms with Gasteiger partial charge in [0.2, 0.25) is 0 Å². The molecule has 0 aromatic heterocycles. The monoisotopic (exact) mass is 305 g/mol. The number of hydrogen-bond donors (Lipinski definition) is 1. The van der Waals surface area contributed by atoms with Crippen LogP contribution in [0.3, 0.4) is 0 Å². The van der Waals surface area contributed by atoms with Gasteiger partial charge in [0, 0.05) is 16.6 Å². The number of halogens is 1. The summed E-state index contributed by atoms with van der Waals surface area (Å²) in [6.07, 6.45) is 0. The predicted molar refractivity (Wildman–Crippen MR) is 78.0 cm³/mol. The Hall–Kier alpha value is -1.32. The van der Waals surface area contributed by atoms with Crippen molar-refractivity contribution in [3.05, 3.63) is 57.6 Å². The van der Waals surface area contributed by atoms with Gasteiger partial charge < -0.3 is 10.5 Å². The first-order valence-corrected chi connectivity index (χ1v) is 6.63. The van der Waals surface area contributed by atoms with Crippen molar-refractivity contribution in [1.82, 2.24) is 0 Å². The van der Waals surface area contributed by atoms with Gasteiger partial charge in [-0.1, -0.05) is 34.1 Å². The minimum Gasteiger partial charge on any atom is -0.457 e. The lowest BCUT2D eigenvalue weighted by molar-refractivity contribution is 0.472. The van der Waals surface area contributed by atoms with Crippen LogP contribution in [0.2, 0.25) is 0 Å². The van der Waals surface area contributed by atoms with E-state index in [1.54, 1.807) is 0 Å². The van der Waals surface area contributed by atoms with Crippen molar-refractivity contribution >= 4 is 15.9 Å². The topological polar surface area (TPSA) is 35.2 Å². The van der Waals surface area contributed by atoms with Gasteiger partial charge in [0.1, 0.15) is 11.5 Å². The summed E-state index contributed by atoms with van der Waals surface area (Å²) in [4.78, 5) is 0. The van der Waals surface area contributed by atoms with E-state index < -0.39 is 0 Å². The van der Waals surface area contributed by atoms with E-state index >= 15 is 0 Å². The minimum atomic E-state index is 0.446. The zero-order valence-electron chi connectivity index (χ0n) is 10.5. The minimum absolute atomic E-state index is 0.446. The van der Waals surface area contributed by atoms with Gasteiger partial charge in [-0.15, -0.1) is 0 Å². The van der Waals surface area contributed by atoms with Gasteiger partial charge in [-0.25, -0.2) is 0 Å². The van der Waals surface area contributed by atoms with Crippen LogP contribution in [0.25, 0.3) is 0 Å². The summed E-state index contributed by atoms with van der Waals surface area (Å²) in [5, 5.41) is 0. The van der Waals surface area contributed by atoms with E-state index in [1.165, 1.54) is 5.56 Å². The molecule has 0 radical (unpaired) electrons. The Morgan fingerprint density at radius 2 is 1.89 bits per heavy atom. The number of aryl methyl sites for hydroxylation is 2. The third kappa shape index (κ3) is 2.74. The van der Waals surface area contributed by atoms with Crippen LogP contribution < -0.4 is 10.5 Å². The van der Waals surface area contributed by atoms with Crippen LogP contribution in [0.1, 0.15) is 16.7 Å². The highest BCUT2D eigenvalue weighted by Gasteiger charge is 2.08. The molecule has 0 saturated carbocycles. The van der Waals surface area contributed by atoms with Crippen LogP contribution in [0.15, 0.2) is 40.9 Å². The van der Waals surface area contributed by atoms with Gasteiger partial charge >= 0.3 is 0 Å². The molecule has 0 fully saturated rings. The van der Waals surface area contributed by atoms with Gasteiger partial charge in [0.05, 0.1) is 0 Å². The Bertz CT molecular complexity index is 566. The van der Waals surface area contributed by atoms with Crippen LogP contribution in [0.5, 0.6) is 11.5 Å². The third-order valence-electron chi connectivity index (χ3n) is 2.84. The quantitative estimate of drug-likeness (QED) is 0.916. The maximum Gasteiger partial charge on any atom is 0.133 e. The van der Waals surface area contributed by atoms with Crippen molar-refractivity contribution < 1.29 is 4.74 Å². The number of nitrogens with two attached hydrogens (primary N) is 1. The van der Waals surface area contributed by atoms with E-state index in [2.05, 4.69) is 35.0 Å². The van der Waals surface area contributed by atoms with E-state index in [9.17, 15) is 0 Å². The zero-order valence-corrected chi connectivity index (χ0v) is 12.1. The maximum absolute atomic E-state index is 5.98. The molecule has 94 valence electrons. The van der Waals surface area contributed by atoms with Gasteiger partial charge in [0.25, 0.3) is 0 Å². The molecule has 0 spiro atoms. The molecule has 0 aliphatic rings. The van der Waals surface area contributed by atoms with Crippen molar-refractivity contribution in [2.75, 3.05) is 0 Å². The van der Waals surface area contributed by atoms with Crippen molar-refractivity contribution in [1.29, 1.82) is 0 Å². The molecular formula is C15H16BrNO. The molecule has 2 rings (SSSR count). The highest BCUT2D eigenvalue weighted by Crippen LogP contribution is 2.32. The molecule has 0 aliphatic carbocycles. The molecule has 2 N–H and O–H groups in total. The molecular weight excluding hydrogens is 290 g/mol. The second kappa shape index (κ2) is 5.55. The zero-order chi connectivity index (χ0) is 13.1. The first kappa shape index (κ1) is 13.1. The first-order valence-electron chi connectivity index (χ1n) is 5.84. The summed E-state index contributed by atoms with van der Waals surface area (Å²) in [5.41, 5.74) is 9.04. The Balaban J connectivity index is 2.40. The highest BCUT2D eigenvalue weighted by atomic mass is 79.9. The molecule has 0 saturated heterocycles. The van der Waals surface area contributed by atoms with Crippen molar-refractivity contribution in [3.63, 3.8) is 0 Å². The van der Waals surface area contributed by atoms with Crippen LogP contribution in [-0.2, 0) is 6.54 Å². The standard InChI is InChI=1S/C15H16BrNO/c1-10-6-7-11(2)15(8-10)18-14-5-3-4-13(16)12(14)9-17/h3-8H,9,17H2,1-2H3. The largest absolute Gasteiger partial charge is 0.457 e. The number of hydrogen-bond acceptors (Lipinski definition) is 2. The second-order valence-electron chi connectivity index (χ2n) is 4.29. The van der Waals surface area contributed by atoms with Crippen LogP contribution in [0, 0.1) is 13.8 Å². The number of ether oxygens (including phenoxy) is 1. The predicted octanol–water partition coefficient (Wildman–Crippen LogP) is 4.32. The van der Waals surface area contributed by atoms with Crippen molar-refractivity contribution in [2.24, 2.45) is 5.73 Å². The summed E-state index contributed by atoms with van der Waals surface area (Å²) in [5.74, 6) is 1.68. The molecule has 0 aliphatic heterocycles. The van der Waals surface area contributed by atoms with E-state index in [1.807, 2.05) is 31.2 Å². The second-order valence-corrected chi connectivity index (χ2v) is 5.15. The molecule has 0 bridgehead atoms. The summed E-state index contributed by atoms with van der Waals surface area (Å²) in [7, 11) is 0. The number of rotatable bonds is 3. The molecule has 0 atom stereocenters. The maximum atomic E-state index is 5.98. The molecule has 0 heterocycles. The van der Waals surface area contributed by atoms with Crippen molar-refractivity contribution in [2.45, 2.75) is 20.4 Å². The molecule has 0 amide bonds. The third-order valence-corrected chi connectivity index (χ3v) is 3.59. The van der Waals surface area contributed by atoms with Crippen LogP contribution >= 0.6 is 15.9 Å². The van der Waals surface area contributed by atoms with E-state index in [-0.39, 0.29) is 0 Å². The van der Waals surface area contributed by atoms with E-state index in [0.717, 1.165) is 27.1 Å². The fraction of sp³-hybridized carbons (Fsp3) is 0.200. The average molecular weight is 306 g/mol. The fourth-order valence-corrected chi connectivity index (χ4v) is 2.28. The molecule has 2 nitrogen and oxygen atoms in total. The Labute approximate surface area is 116 Å². The first-order chi connectivity index (χ1) is 8.61. The smallest absolute Gasteiger partial charge is 0.133 e. The number of benzene rings is 2. The summed E-state index contributed by atoms with van der Waals surface area (Å²) in [6, 6.07) is 12.0. The molecule has 3 heteroatoms.